The second-order valence-corrected chi connectivity index (χ2v) is 5.99. The van der Waals surface area contributed by atoms with E-state index in [2.05, 4.69) is 15.3 Å². The molecule has 3 heterocycles. The molecule has 4 aromatic rings. The minimum atomic E-state index is -0.168. The van der Waals surface area contributed by atoms with Gasteiger partial charge < -0.3 is 9.73 Å². The molecule has 0 bridgehead atoms. The van der Waals surface area contributed by atoms with Gasteiger partial charge in [-0.05, 0) is 43.3 Å². The molecule has 4 rings (SSSR count). The normalized spacial score (nSPS) is 10.8. The quantitative estimate of drug-likeness (QED) is 0.605. The van der Waals surface area contributed by atoms with Gasteiger partial charge in [0.05, 0.1) is 23.3 Å². The lowest BCUT2D eigenvalue weighted by Gasteiger charge is -2.09. The number of amides is 1. The molecule has 26 heavy (non-hydrogen) atoms. The molecule has 0 aliphatic carbocycles. The van der Waals surface area contributed by atoms with Crippen LogP contribution in [0.15, 0.2) is 71.3 Å². The van der Waals surface area contributed by atoms with Gasteiger partial charge in [-0.3, -0.25) is 9.78 Å². The number of aryl methyl sites for hydroxylation is 1. The summed E-state index contributed by atoms with van der Waals surface area (Å²) in [4.78, 5) is 21.7. The second-order valence-electron chi connectivity index (χ2n) is 5.99. The Morgan fingerprint density at radius 2 is 1.92 bits per heavy atom. The van der Waals surface area contributed by atoms with E-state index in [-0.39, 0.29) is 5.91 Å². The Morgan fingerprint density at radius 1 is 1.08 bits per heavy atom. The van der Waals surface area contributed by atoms with Crippen molar-refractivity contribution >= 4 is 16.8 Å². The number of nitrogens with one attached hydrogen (secondary N) is 1. The summed E-state index contributed by atoms with van der Waals surface area (Å²) in [5.41, 5.74) is 2.76. The van der Waals surface area contributed by atoms with Gasteiger partial charge in [0.15, 0.2) is 5.76 Å². The summed E-state index contributed by atoms with van der Waals surface area (Å²) >= 11 is 0. The third-order valence-electron chi connectivity index (χ3n) is 4.11. The zero-order valence-corrected chi connectivity index (χ0v) is 14.3. The van der Waals surface area contributed by atoms with Gasteiger partial charge in [-0.25, -0.2) is 4.98 Å². The van der Waals surface area contributed by atoms with E-state index in [4.69, 9.17) is 4.42 Å². The number of carbonyl (C=O) groups is 1. The zero-order valence-electron chi connectivity index (χ0n) is 14.3. The van der Waals surface area contributed by atoms with E-state index >= 15 is 0 Å². The van der Waals surface area contributed by atoms with Gasteiger partial charge in [0, 0.05) is 11.6 Å². The van der Waals surface area contributed by atoms with Crippen molar-refractivity contribution in [3.8, 4) is 11.5 Å². The number of fused-ring (bicyclic) bond motifs is 1. The minimum Gasteiger partial charge on any atom is -0.460 e. The van der Waals surface area contributed by atoms with Crippen LogP contribution in [0.3, 0.4) is 0 Å². The lowest BCUT2D eigenvalue weighted by Crippen LogP contribution is -2.23. The Hall–Kier alpha value is -3.47. The number of hydrogen-bond donors (Lipinski definition) is 1. The molecule has 1 amide bonds. The van der Waals surface area contributed by atoms with Crippen LogP contribution in [0, 0.1) is 6.92 Å². The predicted octanol–water partition coefficient (Wildman–Crippen LogP) is 4.13. The summed E-state index contributed by atoms with van der Waals surface area (Å²) in [6.07, 6.45) is 1.71. The molecule has 1 aromatic carbocycles. The smallest absolute Gasteiger partial charge is 0.252 e. The van der Waals surface area contributed by atoms with Crippen LogP contribution in [0.25, 0.3) is 22.4 Å². The first-order valence-electron chi connectivity index (χ1n) is 8.35. The van der Waals surface area contributed by atoms with E-state index in [9.17, 15) is 4.79 Å². The molecule has 0 aliphatic heterocycles. The van der Waals surface area contributed by atoms with E-state index in [1.165, 1.54) is 0 Å². The topological polar surface area (TPSA) is 68.0 Å². The molecule has 0 saturated heterocycles. The Labute approximate surface area is 150 Å². The Morgan fingerprint density at radius 3 is 2.69 bits per heavy atom. The maximum Gasteiger partial charge on any atom is 0.252 e. The molecule has 0 spiro atoms. The van der Waals surface area contributed by atoms with Gasteiger partial charge in [0.1, 0.15) is 11.5 Å². The average molecular weight is 343 g/mol. The van der Waals surface area contributed by atoms with Crippen LogP contribution in [0.2, 0.25) is 0 Å². The van der Waals surface area contributed by atoms with E-state index in [0.717, 1.165) is 22.4 Å². The number of benzene rings is 1. The van der Waals surface area contributed by atoms with Crippen molar-refractivity contribution in [3.63, 3.8) is 0 Å². The van der Waals surface area contributed by atoms with Gasteiger partial charge in [-0.1, -0.05) is 24.3 Å². The molecular formula is C21H17N3O2. The molecule has 0 fully saturated rings. The highest BCUT2D eigenvalue weighted by Gasteiger charge is 2.15. The molecule has 0 atom stereocenters. The highest BCUT2D eigenvalue weighted by atomic mass is 16.3. The first-order valence-corrected chi connectivity index (χ1v) is 8.35. The van der Waals surface area contributed by atoms with Crippen LogP contribution in [0.1, 0.15) is 21.8 Å². The van der Waals surface area contributed by atoms with Crippen molar-refractivity contribution in [2.24, 2.45) is 0 Å². The van der Waals surface area contributed by atoms with Crippen molar-refractivity contribution < 1.29 is 9.21 Å². The third kappa shape index (κ3) is 3.19. The van der Waals surface area contributed by atoms with Crippen molar-refractivity contribution in [3.05, 3.63) is 83.9 Å². The van der Waals surface area contributed by atoms with Crippen molar-refractivity contribution in [1.29, 1.82) is 0 Å². The fraction of sp³-hybridized carbons (Fsp3) is 0.0952. The molecule has 5 nitrogen and oxygen atoms in total. The summed E-state index contributed by atoms with van der Waals surface area (Å²) in [6, 6.07) is 18.7. The first kappa shape index (κ1) is 16.0. The van der Waals surface area contributed by atoms with Crippen LogP contribution in [0.4, 0.5) is 0 Å². The molecule has 128 valence electrons. The number of pyridine rings is 2. The van der Waals surface area contributed by atoms with E-state index < -0.39 is 0 Å². The monoisotopic (exact) mass is 343 g/mol. The van der Waals surface area contributed by atoms with Gasteiger partial charge in [0.25, 0.3) is 5.91 Å². The molecular weight excluding hydrogens is 326 g/mol. The first-order chi connectivity index (χ1) is 12.7. The fourth-order valence-corrected chi connectivity index (χ4v) is 2.83. The van der Waals surface area contributed by atoms with Crippen LogP contribution in [0.5, 0.6) is 0 Å². The highest BCUT2D eigenvalue weighted by molar-refractivity contribution is 6.07. The maximum atomic E-state index is 12.8. The number of hydrogen-bond acceptors (Lipinski definition) is 4. The standard InChI is InChI=1S/C21H17N3O2/c1-14-9-10-20(26-14)19-12-17(16-7-2-3-8-18(16)24-19)21(25)23-13-15-6-4-5-11-22-15/h2-12H,13H2,1H3,(H,23,25). The fourth-order valence-electron chi connectivity index (χ4n) is 2.83. The molecule has 3 aromatic heterocycles. The van der Waals surface area contributed by atoms with Crippen LogP contribution in [-0.2, 0) is 6.54 Å². The second kappa shape index (κ2) is 6.80. The number of carbonyl (C=O) groups excluding carboxylic acids is 1. The zero-order chi connectivity index (χ0) is 17.9. The van der Waals surface area contributed by atoms with Crippen LogP contribution < -0.4 is 5.32 Å². The van der Waals surface area contributed by atoms with Crippen molar-refractivity contribution in [1.82, 2.24) is 15.3 Å². The summed E-state index contributed by atoms with van der Waals surface area (Å²) < 4.78 is 5.68. The number of aromatic nitrogens is 2. The Kier molecular flexibility index (Phi) is 4.19. The average Bonchev–Trinajstić information content (AvgIpc) is 3.12. The molecule has 0 radical (unpaired) electrons. The molecule has 0 aliphatic rings. The van der Waals surface area contributed by atoms with E-state index in [1.54, 1.807) is 12.3 Å². The number of rotatable bonds is 4. The summed E-state index contributed by atoms with van der Waals surface area (Å²) in [5.74, 6) is 1.28. The SMILES string of the molecule is Cc1ccc(-c2cc(C(=O)NCc3ccccn3)c3ccccc3n2)o1. The van der Waals surface area contributed by atoms with Gasteiger partial charge in [0.2, 0.25) is 0 Å². The number of para-hydroxylation sites is 1. The highest BCUT2D eigenvalue weighted by Crippen LogP contribution is 2.26. The summed E-state index contributed by atoms with van der Waals surface area (Å²) in [6.45, 7) is 2.25. The van der Waals surface area contributed by atoms with Crippen LogP contribution >= 0.6 is 0 Å². The predicted molar refractivity (Wildman–Crippen MR) is 99.6 cm³/mol. The molecule has 1 N–H and O–H groups in total. The van der Waals surface area contributed by atoms with Crippen molar-refractivity contribution in [2.45, 2.75) is 13.5 Å². The lowest BCUT2D eigenvalue weighted by molar-refractivity contribution is 0.0952. The largest absolute Gasteiger partial charge is 0.460 e. The van der Waals surface area contributed by atoms with Crippen LogP contribution in [-0.4, -0.2) is 15.9 Å². The minimum absolute atomic E-state index is 0.168. The molecule has 5 heteroatoms. The van der Waals surface area contributed by atoms with E-state index in [1.807, 2.05) is 61.5 Å². The summed E-state index contributed by atoms with van der Waals surface area (Å²) in [5, 5.41) is 3.74. The maximum absolute atomic E-state index is 12.8. The third-order valence-corrected chi connectivity index (χ3v) is 4.11. The molecule has 0 saturated carbocycles. The molecule has 0 unspecified atom stereocenters. The Bertz CT molecular complexity index is 1070. The van der Waals surface area contributed by atoms with E-state index in [0.29, 0.717) is 23.6 Å². The summed E-state index contributed by atoms with van der Waals surface area (Å²) in [7, 11) is 0. The van der Waals surface area contributed by atoms with Gasteiger partial charge in [-0.2, -0.15) is 0 Å². The Balaban J connectivity index is 1.71. The van der Waals surface area contributed by atoms with Gasteiger partial charge >= 0.3 is 0 Å². The van der Waals surface area contributed by atoms with Crippen molar-refractivity contribution in [2.75, 3.05) is 0 Å². The van der Waals surface area contributed by atoms with Gasteiger partial charge in [-0.15, -0.1) is 0 Å². The number of furan rings is 1. The lowest BCUT2D eigenvalue weighted by atomic mass is 10.1. The number of nitrogens with zero attached hydrogens (tertiary/aromatic N) is 2.